The van der Waals surface area contributed by atoms with Crippen molar-refractivity contribution in [3.05, 3.63) is 33.5 Å². The van der Waals surface area contributed by atoms with Crippen LogP contribution in [0.25, 0.3) is 0 Å². The van der Waals surface area contributed by atoms with Gasteiger partial charge in [0, 0.05) is 4.47 Å². The largest absolute Gasteiger partial charge is 0.469 e. The molecule has 0 N–H and O–H groups in total. The van der Waals surface area contributed by atoms with Crippen LogP contribution in [0, 0.1) is 5.82 Å². The van der Waals surface area contributed by atoms with Gasteiger partial charge in [-0.2, -0.15) is 13.2 Å². The van der Waals surface area contributed by atoms with E-state index in [1.165, 1.54) is 0 Å². The Bertz CT molecular complexity index is 443. The van der Waals surface area contributed by atoms with Crippen molar-refractivity contribution in [3.63, 3.8) is 0 Å². The SMILES string of the molecule is COC(=O)Cc1ccc(Br)c(C(F)(F)F)c1F. The smallest absolute Gasteiger partial charge is 0.420 e. The molecule has 94 valence electrons. The highest BCUT2D eigenvalue weighted by Gasteiger charge is 2.37. The topological polar surface area (TPSA) is 26.3 Å². The van der Waals surface area contributed by atoms with Gasteiger partial charge in [0.25, 0.3) is 0 Å². The lowest BCUT2D eigenvalue weighted by Crippen LogP contribution is -2.13. The average molecular weight is 315 g/mol. The highest BCUT2D eigenvalue weighted by molar-refractivity contribution is 9.10. The van der Waals surface area contributed by atoms with Gasteiger partial charge in [-0.3, -0.25) is 4.79 Å². The van der Waals surface area contributed by atoms with E-state index in [0.29, 0.717) is 0 Å². The first kappa shape index (κ1) is 14.0. The van der Waals surface area contributed by atoms with E-state index in [4.69, 9.17) is 0 Å². The van der Waals surface area contributed by atoms with Gasteiger partial charge >= 0.3 is 12.1 Å². The van der Waals surface area contributed by atoms with E-state index in [9.17, 15) is 22.4 Å². The van der Waals surface area contributed by atoms with Crippen LogP contribution in [0.1, 0.15) is 11.1 Å². The van der Waals surface area contributed by atoms with Crippen LogP contribution < -0.4 is 0 Å². The van der Waals surface area contributed by atoms with Crippen molar-refractivity contribution in [3.8, 4) is 0 Å². The van der Waals surface area contributed by atoms with Crippen LogP contribution in [0.2, 0.25) is 0 Å². The molecule has 0 spiro atoms. The molecule has 0 aromatic heterocycles. The summed E-state index contributed by atoms with van der Waals surface area (Å²) in [7, 11) is 1.07. The highest BCUT2D eigenvalue weighted by atomic mass is 79.9. The van der Waals surface area contributed by atoms with Crippen LogP contribution in [-0.4, -0.2) is 13.1 Å². The molecule has 17 heavy (non-hydrogen) atoms. The van der Waals surface area contributed by atoms with Gasteiger partial charge in [-0.25, -0.2) is 4.39 Å². The van der Waals surface area contributed by atoms with E-state index in [1.807, 2.05) is 0 Å². The number of hydrogen-bond acceptors (Lipinski definition) is 2. The Morgan fingerprint density at radius 3 is 2.47 bits per heavy atom. The van der Waals surface area contributed by atoms with Crippen LogP contribution in [0.15, 0.2) is 16.6 Å². The Morgan fingerprint density at radius 2 is 2.00 bits per heavy atom. The fraction of sp³-hybridized carbons (Fsp3) is 0.300. The monoisotopic (exact) mass is 314 g/mol. The van der Waals surface area contributed by atoms with Crippen molar-refractivity contribution in [2.75, 3.05) is 7.11 Å². The molecule has 0 unspecified atom stereocenters. The molecule has 1 aromatic carbocycles. The Labute approximate surface area is 103 Å². The summed E-state index contributed by atoms with van der Waals surface area (Å²) < 4.78 is 55.0. The summed E-state index contributed by atoms with van der Waals surface area (Å²) in [4.78, 5) is 10.9. The van der Waals surface area contributed by atoms with Crippen LogP contribution in [0.3, 0.4) is 0 Å². The molecular weight excluding hydrogens is 308 g/mol. The highest BCUT2D eigenvalue weighted by Crippen LogP contribution is 2.37. The van der Waals surface area contributed by atoms with Gasteiger partial charge in [0.15, 0.2) is 0 Å². The van der Waals surface area contributed by atoms with Crippen molar-refractivity contribution >= 4 is 21.9 Å². The van der Waals surface area contributed by atoms with E-state index in [2.05, 4.69) is 20.7 Å². The number of methoxy groups -OCH3 is 1. The number of esters is 1. The Morgan fingerprint density at radius 1 is 1.41 bits per heavy atom. The molecule has 0 bridgehead atoms. The first-order chi connectivity index (χ1) is 7.77. The van der Waals surface area contributed by atoms with Gasteiger partial charge in [-0.15, -0.1) is 0 Å². The Hall–Kier alpha value is -1.11. The lowest BCUT2D eigenvalue weighted by Gasteiger charge is -2.12. The zero-order chi connectivity index (χ0) is 13.2. The lowest BCUT2D eigenvalue weighted by molar-refractivity contribution is -0.142. The molecule has 1 rings (SSSR count). The standard InChI is InChI=1S/C10H7BrF4O2/c1-17-7(16)4-5-2-3-6(11)8(9(5)12)10(13,14)15/h2-3H,4H2,1H3. The molecule has 0 heterocycles. The van der Waals surface area contributed by atoms with Gasteiger partial charge in [-0.1, -0.05) is 22.0 Å². The van der Waals surface area contributed by atoms with Crippen LogP contribution in [0.5, 0.6) is 0 Å². The van der Waals surface area contributed by atoms with Gasteiger partial charge in [0.2, 0.25) is 0 Å². The molecule has 0 amide bonds. The number of ether oxygens (including phenoxy) is 1. The van der Waals surface area contributed by atoms with Gasteiger partial charge in [-0.05, 0) is 11.6 Å². The fourth-order valence-corrected chi connectivity index (χ4v) is 1.75. The molecular formula is C10H7BrF4O2. The van der Waals surface area contributed by atoms with E-state index < -0.39 is 34.4 Å². The van der Waals surface area contributed by atoms with E-state index in [1.54, 1.807) is 0 Å². The molecule has 0 saturated carbocycles. The van der Waals surface area contributed by atoms with E-state index in [0.717, 1.165) is 19.2 Å². The minimum absolute atomic E-state index is 0.354. The van der Waals surface area contributed by atoms with Crippen LogP contribution >= 0.6 is 15.9 Å². The zero-order valence-electron chi connectivity index (χ0n) is 8.57. The average Bonchev–Trinajstić information content (AvgIpc) is 2.20. The number of benzene rings is 1. The van der Waals surface area contributed by atoms with E-state index >= 15 is 0 Å². The van der Waals surface area contributed by atoms with Gasteiger partial charge in [0.1, 0.15) is 11.4 Å². The predicted octanol–water partition coefficient (Wildman–Crippen LogP) is 3.32. The molecule has 0 aliphatic rings. The second-order valence-corrected chi connectivity index (χ2v) is 4.00. The first-order valence-corrected chi connectivity index (χ1v) is 5.17. The summed E-state index contributed by atoms with van der Waals surface area (Å²) in [5.41, 5.74) is -1.77. The van der Waals surface area contributed by atoms with Crippen LogP contribution in [0.4, 0.5) is 17.6 Å². The Kier molecular flexibility index (Phi) is 4.13. The zero-order valence-corrected chi connectivity index (χ0v) is 10.2. The van der Waals surface area contributed by atoms with Crippen molar-refractivity contribution in [2.24, 2.45) is 0 Å². The second kappa shape index (κ2) is 5.03. The van der Waals surface area contributed by atoms with Crippen LogP contribution in [-0.2, 0) is 22.1 Å². The molecule has 0 fully saturated rings. The summed E-state index contributed by atoms with van der Waals surface area (Å²) in [6, 6.07) is 2.15. The Balaban J connectivity index is 3.24. The maximum Gasteiger partial charge on any atom is 0.420 e. The molecule has 0 atom stereocenters. The number of carbonyl (C=O) groups is 1. The summed E-state index contributed by atoms with van der Waals surface area (Å²) in [6.07, 6.45) is -5.37. The van der Waals surface area contributed by atoms with Crippen molar-refractivity contribution < 1.29 is 27.1 Å². The molecule has 0 aliphatic heterocycles. The second-order valence-electron chi connectivity index (χ2n) is 3.15. The minimum Gasteiger partial charge on any atom is -0.469 e. The van der Waals surface area contributed by atoms with Crippen molar-refractivity contribution in [2.45, 2.75) is 12.6 Å². The van der Waals surface area contributed by atoms with E-state index in [-0.39, 0.29) is 5.56 Å². The summed E-state index contributed by atoms with van der Waals surface area (Å²) in [5, 5.41) is 0. The maximum atomic E-state index is 13.6. The lowest BCUT2D eigenvalue weighted by atomic mass is 10.1. The number of alkyl halides is 3. The third-order valence-corrected chi connectivity index (χ3v) is 2.68. The quantitative estimate of drug-likeness (QED) is 0.618. The molecule has 7 heteroatoms. The molecule has 0 saturated heterocycles. The number of carbonyl (C=O) groups excluding carboxylic acids is 1. The summed E-state index contributed by atoms with van der Waals surface area (Å²) >= 11 is 2.62. The summed E-state index contributed by atoms with van der Waals surface area (Å²) in [5.74, 6) is -2.27. The first-order valence-electron chi connectivity index (χ1n) is 4.38. The number of hydrogen-bond donors (Lipinski definition) is 0. The maximum absolute atomic E-state index is 13.6. The summed E-state index contributed by atoms with van der Waals surface area (Å²) in [6.45, 7) is 0. The normalized spacial score (nSPS) is 11.4. The molecule has 0 radical (unpaired) electrons. The van der Waals surface area contributed by atoms with Gasteiger partial charge in [0.05, 0.1) is 13.5 Å². The minimum atomic E-state index is -4.82. The third-order valence-electron chi connectivity index (χ3n) is 2.02. The third kappa shape index (κ3) is 3.18. The fourth-order valence-electron chi connectivity index (χ4n) is 1.22. The molecule has 2 nitrogen and oxygen atoms in total. The van der Waals surface area contributed by atoms with Crippen molar-refractivity contribution in [1.29, 1.82) is 0 Å². The molecule has 0 aliphatic carbocycles. The number of rotatable bonds is 2. The molecule has 1 aromatic rings. The van der Waals surface area contributed by atoms with Gasteiger partial charge < -0.3 is 4.74 Å². The van der Waals surface area contributed by atoms with Crippen molar-refractivity contribution in [1.82, 2.24) is 0 Å². The number of halogens is 5. The predicted molar refractivity (Wildman–Crippen MR) is 54.8 cm³/mol.